The zero-order valence-corrected chi connectivity index (χ0v) is 11.3. The van der Waals surface area contributed by atoms with Crippen LogP contribution in [0, 0.1) is 0 Å². The normalized spacial score (nSPS) is 11.9. The molecule has 1 unspecified atom stereocenters. The highest BCUT2D eigenvalue weighted by atomic mass is 32.2. The van der Waals surface area contributed by atoms with Gasteiger partial charge in [-0.1, -0.05) is 25.1 Å². The molecule has 16 heavy (non-hydrogen) atoms. The van der Waals surface area contributed by atoms with Crippen molar-refractivity contribution in [1.82, 2.24) is 5.32 Å². The first kappa shape index (κ1) is 13.3. The van der Waals surface area contributed by atoms with Crippen LogP contribution in [0.25, 0.3) is 0 Å². The zero-order valence-electron chi connectivity index (χ0n) is 9.69. The predicted octanol–water partition coefficient (Wildman–Crippen LogP) is 3.11. The van der Waals surface area contributed by atoms with Gasteiger partial charge in [-0.15, -0.1) is 0 Å². The molecular formula is C12H18N2S2. The molecule has 0 aliphatic rings. The topological polar surface area (TPSA) is 24.1 Å². The number of thiocarbonyl (C=S) groups is 1. The molecule has 0 saturated carbocycles. The zero-order chi connectivity index (χ0) is 11.8. The molecule has 1 aromatic rings. The summed E-state index contributed by atoms with van der Waals surface area (Å²) in [5, 5.41) is 7.11. The molecule has 0 aliphatic heterocycles. The summed E-state index contributed by atoms with van der Waals surface area (Å²) >= 11 is 7.15. The van der Waals surface area contributed by atoms with E-state index in [2.05, 4.69) is 24.5 Å². The van der Waals surface area contributed by atoms with Crippen LogP contribution in [0.1, 0.15) is 13.8 Å². The summed E-state index contributed by atoms with van der Waals surface area (Å²) in [6.07, 6.45) is 0. The van der Waals surface area contributed by atoms with Crippen LogP contribution in [0.2, 0.25) is 0 Å². The fourth-order valence-electron chi connectivity index (χ4n) is 1.25. The highest BCUT2D eigenvalue weighted by Gasteiger charge is 2.03. The van der Waals surface area contributed by atoms with Gasteiger partial charge in [0.2, 0.25) is 0 Å². The average molecular weight is 254 g/mol. The van der Waals surface area contributed by atoms with Gasteiger partial charge < -0.3 is 10.6 Å². The molecule has 0 fully saturated rings. The molecule has 0 radical (unpaired) electrons. The van der Waals surface area contributed by atoms with Crippen molar-refractivity contribution in [3.63, 3.8) is 0 Å². The Hall–Kier alpha value is -0.740. The number of anilines is 1. The summed E-state index contributed by atoms with van der Waals surface area (Å²) in [7, 11) is 0. The molecule has 0 spiro atoms. The Bertz CT molecular complexity index is 314. The van der Waals surface area contributed by atoms with Gasteiger partial charge in [-0.2, -0.15) is 11.8 Å². The third-order valence-corrected chi connectivity index (χ3v) is 3.34. The van der Waals surface area contributed by atoms with Gasteiger partial charge in [0.1, 0.15) is 0 Å². The van der Waals surface area contributed by atoms with Crippen LogP contribution in [0.15, 0.2) is 30.3 Å². The summed E-state index contributed by atoms with van der Waals surface area (Å²) in [6, 6.07) is 10.4. The number of benzene rings is 1. The van der Waals surface area contributed by atoms with Crippen LogP contribution in [0.4, 0.5) is 5.69 Å². The fourth-order valence-corrected chi connectivity index (χ4v) is 2.24. The summed E-state index contributed by atoms with van der Waals surface area (Å²) in [6.45, 7) is 4.31. The van der Waals surface area contributed by atoms with Crippen LogP contribution >= 0.6 is 24.0 Å². The number of para-hydroxylation sites is 1. The summed E-state index contributed by atoms with van der Waals surface area (Å²) in [5.74, 6) is 2.22. The quantitative estimate of drug-likeness (QED) is 0.789. The first-order valence-corrected chi connectivity index (χ1v) is 6.99. The highest BCUT2D eigenvalue weighted by molar-refractivity contribution is 7.99. The van der Waals surface area contributed by atoms with Crippen molar-refractivity contribution in [2.75, 3.05) is 16.8 Å². The molecule has 0 heterocycles. The number of thioether (sulfide) groups is 1. The van der Waals surface area contributed by atoms with Crippen molar-refractivity contribution in [2.24, 2.45) is 0 Å². The second-order valence-corrected chi connectivity index (χ2v) is 5.25. The first-order valence-electron chi connectivity index (χ1n) is 5.42. The lowest BCUT2D eigenvalue weighted by Gasteiger charge is -2.16. The third kappa shape index (κ3) is 5.37. The summed E-state index contributed by atoms with van der Waals surface area (Å²) in [4.78, 5) is 0. The minimum absolute atomic E-state index is 0.397. The first-order chi connectivity index (χ1) is 7.72. The Morgan fingerprint density at radius 3 is 2.69 bits per heavy atom. The highest BCUT2D eigenvalue weighted by Crippen LogP contribution is 2.05. The fraction of sp³-hybridized carbons (Fsp3) is 0.417. The van der Waals surface area contributed by atoms with Crippen molar-refractivity contribution >= 4 is 34.8 Å². The molecule has 0 bridgehead atoms. The lowest BCUT2D eigenvalue weighted by molar-refractivity contribution is 0.750. The van der Waals surface area contributed by atoms with E-state index >= 15 is 0 Å². The summed E-state index contributed by atoms with van der Waals surface area (Å²) in [5.41, 5.74) is 1.02. The van der Waals surface area contributed by atoms with Gasteiger partial charge in [0.15, 0.2) is 5.11 Å². The van der Waals surface area contributed by atoms with Crippen molar-refractivity contribution in [2.45, 2.75) is 19.9 Å². The Kier molecular flexibility index (Phi) is 6.26. The minimum Gasteiger partial charge on any atom is -0.359 e. The van der Waals surface area contributed by atoms with Gasteiger partial charge in [-0.05, 0) is 37.0 Å². The van der Waals surface area contributed by atoms with Gasteiger partial charge in [0.05, 0.1) is 0 Å². The van der Waals surface area contributed by atoms with Crippen LogP contribution in [0.5, 0.6) is 0 Å². The Labute approximate surface area is 107 Å². The molecule has 4 heteroatoms. The predicted molar refractivity (Wildman–Crippen MR) is 78.3 cm³/mol. The SMILES string of the molecule is CCSCC(C)NC(=S)Nc1ccccc1. The van der Waals surface area contributed by atoms with E-state index in [4.69, 9.17) is 12.2 Å². The standard InChI is InChI=1S/C12H18N2S2/c1-3-16-9-10(2)13-12(15)14-11-7-5-4-6-8-11/h4-8,10H,3,9H2,1-2H3,(H2,13,14,15). The van der Waals surface area contributed by atoms with E-state index < -0.39 is 0 Å². The van der Waals surface area contributed by atoms with Crippen LogP contribution < -0.4 is 10.6 Å². The van der Waals surface area contributed by atoms with Gasteiger partial charge in [0.25, 0.3) is 0 Å². The van der Waals surface area contributed by atoms with E-state index in [1.54, 1.807) is 0 Å². The van der Waals surface area contributed by atoms with Crippen molar-refractivity contribution < 1.29 is 0 Å². The molecule has 0 saturated heterocycles. The molecule has 1 rings (SSSR count). The summed E-state index contributed by atoms with van der Waals surface area (Å²) < 4.78 is 0. The molecule has 1 aromatic carbocycles. The molecule has 88 valence electrons. The van der Waals surface area contributed by atoms with Gasteiger partial charge >= 0.3 is 0 Å². The van der Waals surface area contributed by atoms with E-state index in [0.717, 1.165) is 17.2 Å². The Morgan fingerprint density at radius 2 is 2.06 bits per heavy atom. The molecule has 2 N–H and O–H groups in total. The van der Waals surface area contributed by atoms with Gasteiger partial charge in [0, 0.05) is 17.5 Å². The number of hydrogen-bond donors (Lipinski definition) is 2. The van der Waals surface area contributed by atoms with E-state index in [1.165, 1.54) is 0 Å². The van der Waals surface area contributed by atoms with Crippen molar-refractivity contribution in [3.8, 4) is 0 Å². The van der Waals surface area contributed by atoms with E-state index in [1.807, 2.05) is 42.1 Å². The van der Waals surface area contributed by atoms with Crippen LogP contribution in [-0.4, -0.2) is 22.7 Å². The third-order valence-electron chi connectivity index (χ3n) is 1.98. The van der Waals surface area contributed by atoms with E-state index in [-0.39, 0.29) is 0 Å². The van der Waals surface area contributed by atoms with Crippen LogP contribution in [-0.2, 0) is 0 Å². The maximum Gasteiger partial charge on any atom is 0.171 e. The van der Waals surface area contributed by atoms with Crippen LogP contribution in [0.3, 0.4) is 0 Å². The molecule has 2 nitrogen and oxygen atoms in total. The van der Waals surface area contributed by atoms with Crippen molar-refractivity contribution in [1.29, 1.82) is 0 Å². The molecular weight excluding hydrogens is 236 g/mol. The van der Waals surface area contributed by atoms with Gasteiger partial charge in [-0.25, -0.2) is 0 Å². The Morgan fingerprint density at radius 1 is 1.38 bits per heavy atom. The van der Waals surface area contributed by atoms with E-state index in [9.17, 15) is 0 Å². The second kappa shape index (κ2) is 7.52. The monoisotopic (exact) mass is 254 g/mol. The smallest absolute Gasteiger partial charge is 0.171 e. The second-order valence-electron chi connectivity index (χ2n) is 3.53. The van der Waals surface area contributed by atoms with Crippen molar-refractivity contribution in [3.05, 3.63) is 30.3 Å². The maximum absolute atomic E-state index is 5.23. The molecule has 0 aromatic heterocycles. The largest absolute Gasteiger partial charge is 0.359 e. The Balaban J connectivity index is 2.31. The maximum atomic E-state index is 5.23. The minimum atomic E-state index is 0.397. The molecule has 0 amide bonds. The molecule has 0 aliphatic carbocycles. The lowest BCUT2D eigenvalue weighted by Crippen LogP contribution is -2.37. The molecule has 1 atom stereocenters. The number of nitrogens with one attached hydrogen (secondary N) is 2. The van der Waals surface area contributed by atoms with E-state index in [0.29, 0.717) is 11.2 Å². The number of hydrogen-bond acceptors (Lipinski definition) is 2. The average Bonchev–Trinajstić information content (AvgIpc) is 2.27. The number of rotatable bonds is 5. The van der Waals surface area contributed by atoms with Gasteiger partial charge in [-0.3, -0.25) is 0 Å². The lowest BCUT2D eigenvalue weighted by atomic mass is 10.3.